The summed E-state index contributed by atoms with van der Waals surface area (Å²) in [4.78, 5) is 34.3. The van der Waals surface area contributed by atoms with E-state index >= 15 is 0 Å². The first-order valence-electron chi connectivity index (χ1n) is 4.88. The number of amides is 3. The SMILES string of the molecule is CNC(=O)CCN(C)C(=O)C(N)CC(N)=O. The molecule has 7 nitrogen and oxygen atoms in total. The molecule has 3 amide bonds. The quantitative estimate of drug-likeness (QED) is 0.479. The van der Waals surface area contributed by atoms with Gasteiger partial charge in [0.1, 0.15) is 0 Å². The number of nitrogens with one attached hydrogen (secondary N) is 1. The maximum Gasteiger partial charge on any atom is 0.239 e. The minimum Gasteiger partial charge on any atom is -0.370 e. The van der Waals surface area contributed by atoms with Crippen LogP contribution < -0.4 is 16.8 Å². The molecule has 0 rings (SSSR count). The van der Waals surface area contributed by atoms with E-state index in [0.29, 0.717) is 0 Å². The standard InChI is InChI=1S/C9H18N4O3/c1-12-8(15)3-4-13(2)9(16)6(10)5-7(11)14/h6H,3-5,10H2,1-2H3,(H2,11,14)(H,12,15). The minimum atomic E-state index is -0.938. The van der Waals surface area contributed by atoms with Gasteiger partial charge in [0.25, 0.3) is 0 Å². The smallest absolute Gasteiger partial charge is 0.239 e. The first kappa shape index (κ1) is 14.4. The Balaban J connectivity index is 4.07. The van der Waals surface area contributed by atoms with Crippen molar-refractivity contribution < 1.29 is 14.4 Å². The summed E-state index contributed by atoms with van der Waals surface area (Å²) >= 11 is 0. The molecule has 7 heteroatoms. The summed E-state index contributed by atoms with van der Waals surface area (Å²) in [6.45, 7) is 0.255. The molecule has 16 heavy (non-hydrogen) atoms. The van der Waals surface area contributed by atoms with E-state index < -0.39 is 17.9 Å². The average molecular weight is 230 g/mol. The molecule has 0 radical (unpaired) electrons. The second kappa shape index (κ2) is 6.78. The van der Waals surface area contributed by atoms with E-state index in [1.165, 1.54) is 19.0 Å². The lowest BCUT2D eigenvalue weighted by atomic mass is 10.2. The molecular weight excluding hydrogens is 212 g/mol. The van der Waals surface area contributed by atoms with Gasteiger partial charge in [-0.15, -0.1) is 0 Å². The van der Waals surface area contributed by atoms with E-state index in [1.807, 2.05) is 0 Å². The third kappa shape index (κ3) is 5.30. The van der Waals surface area contributed by atoms with Crippen LogP contribution in [0.5, 0.6) is 0 Å². The number of nitrogens with two attached hydrogens (primary N) is 2. The van der Waals surface area contributed by atoms with Crippen molar-refractivity contribution in [2.24, 2.45) is 11.5 Å². The van der Waals surface area contributed by atoms with Crippen LogP contribution in [0.15, 0.2) is 0 Å². The number of rotatable bonds is 6. The van der Waals surface area contributed by atoms with Gasteiger partial charge in [0.05, 0.1) is 12.5 Å². The number of hydrogen-bond donors (Lipinski definition) is 3. The monoisotopic (exact) mass is 230 g/mol. The van der Waals surface area contributed by atoms with Crippen LogP contribution in [0.1, 0.15) is 12.8 Å². The summed E-state index contributed by atoms with van der Waals surface area (Å²) in [6, 6.07) is -0.938. The number of primary amides is 1. The second-order valence-electron chi connectivity index (χ2n) is 3.46. The maximum absolute atomic E-state index is 11.5. The number of carbonyl (C=O) groups is 3. The number of hydrogen-bond acceptors (Lipinski definition) is 4. The molecule has 0 saturated heterocycles. The predicted molar refractivity (Wildman–Crippen MR) is 58.1 cm³/mol. The highest BCUT2D eigenvalue weighted by atomic mass is 16.2. The fourth-order valence-corrected chi connectivity index (χ4v) is 1.09. The average Bonchev–Trinajstić information content (AvgIpc) is 2.23. The Morgan fingerprint density at radius 1 is 1.38 bits per heavy atom. The number of carbonyl (C=O) groups excluding carboxylic acids is 3. The molecule has 5 N–H and O–H groups in total. The molecule has 92 valence electrons. The summed E-state index contributed by atoms with van der Waals surface area (Å²) in [5.74, 6) is -1.19. The van der Waals surface area contributed by atoms with E-state index in [-0.39, 0.29) is 25.3 Å². The Labute approximate surface area is 94.1 Å². The van der Waals surface area contributed by atoms with Crippen molar-refractivity contribution in [1.29, 1.82) is 0 Å². The molecule has 1 unspecified atom stereocenters. The summed E-state index contributed by atoms with van der Waals surface area (Å²) in [6.07, 6.45) is 0.00514. The first-order valence-corrected chi connectivity index (χ1v) is 4.88. The third-order valence-electron chi connectivity index (χ3n) is 2.07. The fourth-order valence-electron chi connectivity index (χ4n) is 1.09. The van der Waals surface area contributed by atoms with E-state index in [1.54, 1.807) is 0 Å². The van der Waals surface area contributed by atoms with Crippen molar-refractivity contribution >= 4 is 17.7 Å². The molecule has 0 aromatic heterocycles. The van der Waals surface area contributed by atoms with Crippen LogP contribution in [-0.4, -0.2) is 49.3 Å². The Bertz CT molecular complexity index is 280. The van der Waals surface area contributed by atoms with Gasteiger partial charge in [0.15, 0.2) is 0 Å². The molecule has 0 fully saturated rings. The zero-order chi connectivity index (χ0) is 12.7. The van der Waals surface area contributed by atoms with Crippen LogP contribution in [0.4, 0.5) is 0 Å². The van der Waals surface area contributed by atoms with E-state index in [9.17, 15) is 14.4 Å². The minimum absolute atomic E-state index is 0.164. The Hall–Kier alpha value is -1.63. The predicted octanol–water partition coefficient (Wildman–Crippen LogP) is -2.22. The van der Waals surface area contributed by atoms with Crippen LogP contribution in [-0.2, 0) is 14.4 Å². The summed E-state index contributed by atoms with van der Waals surface area (Å²) in [5.41, 5.74) is 10.4. The van der Waals surface area contributed by atoms with Gasteiger partial charge < -0.3 is 21.7 Å². The van der Waals surface area contributed by atoms with Crippen molar-refractivity contribution in [1.82, 2.24) is 10.2 Å². The highest BCUT2D eigenvalue weighted by Crippen LogP contribution is 1.96. The fraction of sp³-hybridized carbons (Fsp3) is 0.667. The van der Waals surface area contributed by atoms with Gasteiger partial charge in [0.2, 0.25) is 17.7 Å². The van der Waals surface area contributed by atoms with Crippen LogP contribution in [0, 0.1) is 0 Å². The summed E-state index contributed by atoms with van der Waals surface area (Å²) in [5, 5.41) is 2.44. The van der Waals surface area contributed by atoms with Crippen molar-refractivity contribution in [2.45, 2.75) is 18.9 Å². The largest absolute Gasteiger partial charge is 0.370 e. The van der Waals surface area contributed by atoms with Crippen molar-refractivity contribution in [3.8, 4) is 0 Å². The van der Waals surface area contributed by atoms with Crippen molar-refractivity contribution in [3.05, 3.63) is 0 Å². The zero-order valence-electron chi connectivity index (χ0n) is 9.53. The van der Waals surface area contributed by atoms with Gasteiger partial charge in [-0.2, -0.15) is 0 Å². The topological polar surface area (TPSA) is 119 Å². The molecule has 0 aliphatic rings. The van der Waals surface area contributed by atoms with Gasteiger partial charge >= 0.3 is 0 Å². The Kier molecular flexibility index (Phi) is 6.09. The molecular formula is C9H18N4O3. The molecule has 0 bridgehead atoms. The van der Waals surface area contributed by atoms with Crippen LogP contribution in [0.2, 0.25) is 0 Å². The number of nitrogens with zero attached hydrogens (tertiary/aromatic N) is 1. The van der Waals surface area contributed by atoms with E-state index in [2.05, 4.69) is 5.32 Å². The molecule has 1 atom stereocenters. The van der Waals surface area contributed by atoms with E-state index in [0.717, 1.165) is 0 Å². The molecule has 0 saturated carbocycles. The molecule has 0 aliphatic carbocycles. The van der Waals surface area contributed by atoms with Gasteiger partial charge in [-0.1, -0.05) is 0 Å². The first-order chi connectivity index (χ1) is 7.38. The molecule has 0 aromatic carbocycles. The van der Waals surface area contributed by atoms with E-state index in [4.69, 9.17) is 11.5 Å². The number of likely N-dealkylation sites (N-methyl/N-ethyl adjacent to an activating group) is 1. The lowest BCUT2D eigenvalue weighted by molar-refractivity contribution is -0.134. The lowest BCUT2D eigenvalue weighted by Crippen LogP contribution is -2.44. The second-order valence-corrected chi connectivity index (χ2v) is 3.46. The zero-order valence-corrected chi connectivity index (χ0v) is 9.53. The Morgan fingerprint density at radius 3 is 2.38 bits per heavy atom. The summed E-state index contributed by atoms with van der Waals surface area (Å²) in [7, 11) is 3.04. The summed E-state index contributed by atoms with van der Waals surface area (Å²) < 4.78 is 0. The highest BCUT2D eigenvalue weighted by molar-refractivity contribution is 5.87. The molecule has 0 spiro atoms. The van der Waals surface area contributed by atoms with Gasteiger partial charge in [-0.3, -0.25) is 14.4 Å². The molecule has 0 aromatic rings. The third-order valence-corrected chi connectivity index (χ3v) is 2.07. The highest BCUT2D eigenvalue weighted by Gasteiger charge is 2.19. The van der Waals surface area contributed by atoms with Crippen molar-refractivity contribution in [2.75, 3.05) is 20.6 Å². The maximum atomic E-state index is 11.5. The van der Waals surface area contributed by atoms with Gasteiger partial charge in [0, 0.05) is 27.1 Å². The van der Waals surface area contributed by atoms with Crippen LogP contribution >= 0.6 is 0 Å². The van der Waals surface area contributed by atoms with Gasteiger partial charge in [-0.05, 0) is 0 Å². The van der Waals surface area contributed by atoms with Gasteiger partial charge in [-0.25, -0.2) is 0 Å². The molecule has 0 aliphatic heterocycles. The van der Waals surface area contributed by atoms with Crippen molar-refractivity contribution in [3.63, 3.8) is 0 Å². The van der Waals surface area contributed by atoms with Crippen LogP contribution in [0.25, 0.3) is 0 Å². The normalized spacial score (nSPS) is 11.7. The van der Waals surface area contributed by atoms with Crippen LogP contribution in [0.3, 0.4) is 0 Å². The molecule has 0 heterocycles. The Morgan fingerprint density at radius 2 is 1.94 bits per heavy atom. The lowest BCUT2D eigenvalue weighted by Gasteiger charge is -2.20.